The van der Waals surface area contributed by atoms with E-state index in [-0.39, 0.29) is 16.7 Å². The molecule has 1 aliphatic rings. The first-order valence-electron chi connectivity index (χ1n) is 8.01. The summed E-state index contributed by atoms with van der Waals surface area (Å²) < 4.78 is 28.4. The zero-order valence-corrected chi connectivity index (χ0v) is 14.6. The van der Waals surface area contributed by atoms with E-state index < -0.39 is 10.0 Å². The summed E-state index contributed by atoms with van der Waals surface area (Å²) in [5.74, 6) is -0.108. The first-order chi connectivity index (χ1) is 10.9. The highest BCUT2D eigenvalue weighted by Gasteiger charge is 2.28. The first-order valence-corrected chi connectivity index (χ1v) is 9.45. The summed E-state index contributed by atoms with van der Waals surface area (Å²) in [6.07, 6.45) is 4.34. The molecular formula is C15H26N4O3S. The van der Waals surface area contributed by atoms with E-state index in [2.05, 4.69) is 5.32 Å². The van der Waals surface area contributed by atoms with Gasteiger partial charge in [0, 0.05) is 32.9 Å². The van der Waals surface area contributed by atoms with Crippen LogP contribution in [-0.2, 0) is 17.1 Å². The number of aromatic nitrogens is 1. The van der Waals surface area contributed by atoms with Gasteiger partial charge in [-0.25, -0.2) is 8.42 Å². The highest BCUT2D eigenvalue weighted by molar-refractivity contribution is 7.89. The Morgan fingerprint density at radius 1 is 1.35 bits per heavy atom. The van der Waals surface area contributed by atoms with Gasteiger partial charge in [0.05, 0.1) is 0 Å². The van der Waals surface area contributed by atoms with Crippen molar-refractivity contribution >= 4 is 15.9 Å². The van der Waals surface area contributed by atoms with E-state index in [9.17, 15) is 13.2 Å². The van der Waals surface area contributed by atoms with E-state index in [1.54, 1.807) is 11.6 Å². The molecule has 7 nitrogen and oxygen atoms in total. The molecule has 0 bridgehead atoms. The molecule has 1 aliphatic heterocycles. The molecular weight excluding hydrogens is 316 g/mol. The van der Waals surface area contributed by atoms with Crippen molar-refractivity contribution in [1.82, 2.24) is 14.2 Å². The lowest BCUT2D eigenvalue weighted by Gasteiger charge is -2.25. The number of carbonyl (C=O) groups is 1. The van der Waals surface area contributed by atoms with Gasteiger partial charge in [-0.3, -0.25) is 4.79 Å². The zero-order valence-electron chi connectivity index (χ0n) is 13.8. The third-order valence-electron chi connectivity index (χ3n) is 4.18. The highest BCUT2D eigenvalue weighted by Crippen LogP contribution is 2.22. The van der Waals surface area contributed by atoms with Crippen molar-refractivity contribution in [3.05, 3.63) is 18.0 Å². The van der Waals surface area contributed by atoms with Gasteiger partial charge in [0.15, 0.2) is 0 Å². The molecule has 1 aromatic rings. The van der Waals surface area contributed by atoms with Gasteiger partial charge in [0.2, 0.25) is 10.0 Å². The molecule has 1 aromatic heterocycles. The minimum Gasteiger partial charge on any atom is -0.350 e. The molecule has 130 valence electrons. The maximum absolute atomic E-state index is 12.7. The zero-order chi connectivity index (χ0) is 17.0. The van der Waals surface area contributed by atoms with Crippen molar-refractivity contribution in [1.29, 1.82) is 0 Å². The number of carbonyl (C=O) groups excluding carboxylic acids is 1. The summed E-state index contributed by atoms with van der Waals surface area (Å²) in [6.45, 7) is 3.99. The van der Waals surface area contributed by atoms with E-state index in [1.807, 2.05) is 6.92 Å². The Morgan fingerprint density at radius 2 is 2.00 bits per heavy atom. The van der Waals surface area contributed by atoms with Crippen LogP contribution in [0.15, 0.2) is 17.2 Å². The van der Waals surface area contributed by atoms with Crippen molar-refractivity contribution in [2.75, 3.05) is 26.2 Å². The number of hydrogen-bond acceptors (Lipinski definition) is 4. The summed E-state index contributed by atoms with van der Waals surface area (Å²) in [7, 11) is -1.84. The van der Waals surface area contributed by atoms with Gasteiger partial charge in [-0.1, -0.05) is 13.3 Å². The molecule has 1 saturated heterocycles. The molecule has 8 heteroatoms. The topological polar surface area (TPSA) is 97.4 Å². The summed E-state index contributed by atoms with van der Waals surface area (Å²) >= 11 is 0. The number of nitrogens with one attached hydrogen (secondary N) is 1. The molecule has 2 heterocycles. The molecule has 3 N–H and O–H groups in total. The van der Waals surface area contributed by atoms with E-state index >= 15 is 0 Å². The quantitative estimate of drug-likeness (QED) is 0.788. The van der Waals surface area contributed by atoms with Crippen molar-refractivity contribution in [3.63, 3.8) is 0 Å². The third kappa shape index (κ3) is 4.13. The van der Waals surface area contributed by atoms with Crippen molar-refractivity contribution < 1.29 is 13.2 Å². The third-order valence-corrected chi connectivity index (χ3v) is 6.04. The van der Waals surface area contributed by atoms with E-state index in [4.69, 9.17) is 5.73 Å². The van der Waals surface area contributed by atoms with Crippen molar-refractivity contribution in [2.24, 2.45) is 18.7 Å². The van der Waals surface area contributed by atoms with Crippen LogP contribution in [0.1, 0.15) is 36.7 Å². The van der Waals surface area contributed by atoms with Crippen LogP contribution in [0.25, 0.3) is 0 Å². The molecule has 0 radical (unpaired) electrons. The number of amides is 1. The van der Waals surface area contributed by atoms with Gasteiger partial charge in [-0.2, -0.15) is 4.31 Å². The average Bonchev–Trinajstić information content (AvgIpc) is 2.95. The van der Waals surface area contributed by atoms with Crippen molar-refractivity contribution in [2.45, 2.75) is 31.1 Å². The van der Waals surface area contributed by atoms with E-state index in [1.165, 1.54) is 16.6 Å². The Labute approximate surface area is 137 Å². The van der Waals surface area contributed by atoms with Gasteiger partial charge < -0.3 is 15.6 Å². The molecule has 0 spiro atoms. The molecule has 23 heavy (non-hydrogen) atoms. The largest absolute Gasteiger partial charge is 0.350 e. The van der Waals surface area contributed by atoms with Crippen LogP contribution in [0.3, 0.4) is 0 Å². The molecule has 1 atom stereocenters. The molecule has 2 rings (SSSR count). The lowest BCUT2D eigenvalue weighted by molar-refractivity contribution is 0.0940. The number of piperidine rings is 1. The number of hydrogen-bond donors (Lipinski definition) is 2. The minimum absolute atomic E-state index is 0.177. The number of nitrogens with zero attached hydrogens (tertiary/aromatic N) is 2. The predicted molar refractivity (Wildman–Crippen MR) is 88.6 cm³/mol. The molecule has 0 aliphatic carbocycles. The lowest BCUT2D eigenvalue weighted by atomic mass is 10.2. The van der Waals surface area contributed by atoms with Crippen LogP contribution in [0.2, 0.25) is 0 Å². The molecule has 0 aromatic carbocycles. The Kier molecular flexibility index (Phi) is 5.83. The van der Waals surface area contributed by atoms with Gasteiger partial charge in [0.25, 0.3) is 5.91 Å². The highest BCUT2D eigenvalue weighted by atomic mass is 32.2. The fraction of sp³-hybridized carbons (Fsp3) is 0.667. The number of nitrogens with two attached hydrogens (primary N) is 1. The average molecular weight is 342 g/mol. The Hall–Kier alpha value is -1.38. The van der Waals surface area contributed by atoms with Gasteiger partial charge in [0.1, 0.15) is 10.6 Å². The van der Waals surface area contributed by atoms with Crippen LogP contribution in [0, 0.1) is 5.92 Å². The monoisotopic (exact) mass is 342 g/mol. The number of aryl methyl sites for hydroxylation is 1. The predicted octanol–water partition coefficient (Wildman–Crippen LogP) is 0.524. The molecule has 1 unspecified atom stereocenters. The SMILES string of the molecule is CC(CN)CNC(=O)c1cc(S(=O)(=O)N2CCCCC2)cn1C. The summed E-state index contributed by atoms with van der Waals surface area (Å²) in [5.41, 5.74) is 5.87. The van der Waals surface area contributed by atoms with Crippen molar-refractivity contribution in [3.8, 4) is 0 Å². The summed E-state index contributed by atoms with van der Waals surface area (Å²) in [6, 6.07) is 1.45. The van der Waals surface area contributed by atoms with Crippen LogP contribution < -0.4 is 11.1 Å². The normalized spacial score (nSPS) is 17.9. The fourth-order valence-electron chi connectivity index (χ4n) is 2.60. The number of rotatable bonds is 6. The van der Waals surface area contributed by atoms with Crippen LogP contribution in [0.4, 0.5) is 0 Å². The van der Waals surface area contributed by atoms with Crippen LogP contribution >= 0.6 is 0 Å². The van der Waals surface area contributed by atoms with E-state index in [0.29, 0.717) is 31.9 Å². The van der Waals surface area contributed by atoms with Crippen LogP contribution in [-0.4, -0.2) is 49.4 Å². The molecule has 1 fully saturated rings. The minimum atomic E-state index is -3.52. The smallest absolute Gasteiger partial charge is 0.267 e. The van der Waals surface area contributed by atoms with Gasteiger partial charge in [-0.15, -0.1) is 0 Å². The second-order valence-corrected chi connectivity index (χ2v) is 8.13. The second-order valence-electron chi connectivity index (χ2n) is 6.19. The van der Waals surface area contributed by atoms with E-state index in [0.717, 1.165) is 19.3 Å². The molecule has 1 amide bonds. The lowest BCUT2D eigenvalue weighted by Crippen LogP contribution is -2.35. The summed E-state index contributed by atoms with van der Waals surface area (Å²) in [4.78, 5) is 12.4. The van der Waals surface area contributed by atoms with Gasteiger partial charge in [-0.05, 0) is 31.4 Å². The first kappa shape index (κ1) is 18.0. The second kappa shape index (κ2) is 7.46. The van der Waals surface area contributed by atoms with Crippen LogP contribution in [0.5, 0.6) is 0 Å². The van der Waals surface area contributed by atoms with Gasteiger partial charge >= 0.3 is 0 Å². The Bertz CT molecular complexity index is 648. The summed E-state index contributed by atoms with van der Waals surface area (Å²) in [5, 5.41) is 2.79. The maximum atomic E-state index is 12.7. The maximum Gasteiger partial charge on any atom is 0.267 e. The Balaban J connectivity index is 2.15. The molecule has 0 saturated carbocycles. The Morgan fingerprint density at radius 3 is 2.61 bits per heavy atom. The fourth-order valence-corrected chi connectivity index (χ4v) is 4.19. The standard InChI is InChI=1S/C15H26N4O3S/c1-12(9-16)10-17-15(20)14-8-13(11-18(14)2)23(21,22)19-6-4-3-5-7-19/h8,11-12H,3-7,9-10,16H2,1-2H3,(H,17,20). The number of sulfonamides is 1.